The second-order valence-electron chi connectivity index (χ2n) is 7.65. The third-order valence-corrected chi connectivity index (χ3v) is 5.70. The Hall–Kier alpha value is -0.610. The van der Waals surface area contributed by atoms with Gasteiger partial charge in [-0.05, 0) is 56.9 Å². The SMILES string of the molecule is CCC(C)(C)C1CCC(CN)C(N(CC(N)=O)C(C)C)C1. The second-order valence-corrected chi connectivity index (χ2v) is 7.65. The van der Waals surface area contributed by atoms with Crippen molar-refractivity contribution in [3.05, 3.63) is 0 Å². The van der Waals surface area contributed by atoms with Crippen molar-refractivity contribution in [1.29, 1.82) is 0 Å². The van der Waals surface area contributed by atoms with Crippen LogP contribution in [0.25, 0.3) is 0 Å². The number of primary amides is 1. The van der Waals surface area contributed by atoms with Gasteiger partial charge < -0.3 is 11.5 Å². The highest BCUT2D eigenvalue weighted by atomic mass is 16.1. The van der Waals surface area contributed by atoms with Gasteiger partial charge in [0.05, 0.1) is 6.54 Å². The molecule has 4 N–H and O–H groups in total. The number of hydrogen-bond donors (Lipinski definition) is 2. The maximum absolute atomic E-state index is 11.4. The number of hydrogen-bond acceptors (Lipinski definition) is 3. The van der Waals surface area contributed by atoms with E-state index in [1.165, 1.54) is 12.8 Å². The van der Waals surface area contributed by atoms with Crippen LogP contribution in [0.2, 0.25) is 0 Å². The molecule has 21 heavy (non-hydrogen) atoms. The molecule has 1 aliphatic carbocycles. The fourth-order valence-corrected chi connectivity index (χ4v) is 3.75. The molecule has 0 heterocycles. The van der Waals surface area contributed by atoms with Gasteiger partial charge in [-0.15, -0.1) is 0 Å². The van der Waals surface area contributed by atoms with E-state index in [9.17, 15) is 4.79 Å². The summed E-state index contributed by atoms with van der Waals surface area (Å²) in [7, 11) is 0. The molecule has 0 aromatic heterocycles. The van der Waals surface area contributed by atoms with Crippen LogP contribution < -0.4 is 11.5 Å². The van der Waals surface area contributed by atoms with Crippen LogP contribution in [0, 0.1) is 17.3 Å². The van der Waals surface area contributed by atoms with Gasteiger partial charge in [0.1, 0.15) is 0 Å². The van der Waals surface area contributed by atoms with E-state index in [4.69, 9.17) is 11.5 Å². The smallest absolute Gasteiger partial charge is 0.231 e. The molecule has 1 rings (SSSR count). The van der Waals surface area contributed by atoms with Crippen LogP contribution in [0.15, 0.2) is 0 Å². The van der Waals surface area contributed by atoms with Gasteiger partial charge >= 0.3 is 0 Å². The minimum Gasteiger partial charge on any atom is -0.369 e. The number of carbonyl (C=O) groups is 1. The minimum absolute atomic E-state index is 0.239. The van der Waals surface area contributed by atoms with E-state index in [-0.39, 0.29) is 5.91 Å². The molecule has 0 bridgehead atoms. The van der Waals surface area contributed by atoms with Crippen molar-refractivity contribution in [2.45, 2.75) is 72.4 Å². The first-order valence-corrected chi connectivity index (χ1v) is 8.47. The monoisotopic (exact) mass is 297 g/mol. The van der Waals surface area contributed by atoms with Crippen molar-refractivity contribution >= 4 is 5.91 Å². The van der Waals surface area contributed by atoms with Crippen molar-refractivity contribution in [1.82, 2.24) is 4.90 Å². The summed E-state index contributed by atoms with van der Waals surface area (Å²) in [6.07, 6.45) is 4.74. The molecule has 0 saturated heterocycles. The lowest BCUT2D eigenvalue weighted by Gasteiger charge is -2.48. The number of carbonyl (C=O) groups excluding carboxylic acids is 1. The van der Waals surface area contributed by atoms with E-state index in [2.05, 4.69) is 39.5 Å². The predicted octanol–water partition coefficient (Wildman–Crippen LogP) is 2.36. The number of nitrogens with two attached hydrogens (primary N) is 2. The lowest BCUT2D eigenvalue weighted by molar-refractivity contribution is -0.121. The molecule has 0 aromatic rings. The molecule has 0 aromatic carbocycles. The summed E-state index contributed by atoms with van der Waals surface area (Å²) in [5, 5.41) is 0. The summed E-state index contributed by atoms with van der Waals surface area (Å²) in [6.45, 7) is 12.3. The highest BCUT2D eigenvalue weighted by Gasteiger charge is 2.39. The van der Waals surface area contributed by atoms with Gasteiger partial charge in [-0.1, -0.05) is 27.2 Å². The maximum Gasteiger partial charge on any atom is 0.231 e. The molecular formula is C17H35N3O. The van der Waals surface area contributed by atoms with Crippen molar-refractivity contribution in [2.24, 2.45) is 28.7 Å². The summed E-state index contributed by atoms with van der Waals surface area (Å²) < 4.78 is 0. The topological polar surface area (TPSA) is 72.3 Å². The Morgan fingerprint density at radius 3 is 2.38 bits per heavy atom. The summed E-state index contributed by atoms with van der Waals surface area (Å²) in [5.74, 6) is 0.941. The van der Waals surface area contributed by atoms with E-state index in [1.54, 1.807) is 0 Å². The molecule has 1 fully saturated rings. The average Bonchev–Trinajstić information content (AvgIpc) is 2.43. The molecule has 3 atom stereocenters. The first-order valence-electron chi connectivity index (χ1n) is 8.47. The fraction of sp³-hybridized carbons (Fsp3) is 0.941. The highest BCUT2D eigenvalue weighted by molar-refractivity contribution is 5.76. The molecule has 1 aliphatic rings. The highest BCUT2D eigenvalue weighted by Crippen LogP contribution is 2.43. The first kappa shape index (κ1) is 18.4. The van der Waals surface area contributed by atoms with Gasteiger partial charge in [0.25, 0.3) is 0 Å². The van der Waals surface area contributed by atoms with Crippen molar-refractivity contribution in [3.63, 3.8) is 0 Å². The van der Waals surface area contributed by atoms with Crippen molar-refractivity contribution in [2.75, 3.05) is 13.1 Å². The maximum atomic E-state index is 11.4. The largest absolute Gasteiger partial charge is 0.369 e. The summed E-state index contributed by atoms with van der Waals surface area (Å²) in [5.41, 5.74) is 11.8. The molecule has 1 saturated carbocycles. The molecule has 1 amide bonds. The minimum atomic E-state index is -0.239. The fourth-order valence-electron chi connectivity index (χ4n) is 3.75. The van der Waals surface area contributed by atoms with E-state index in [0.29, 0.717) is 42.4 Å². The second kappa shape index (κ2) is 7.59. The van der Waals surface area contributed by atoms with Crippen LogP contribution in [0.4, 0.5) is 0 Å². The Morgan fingerprint density at radius 2 is 1.95 bits per heavy atom. The first-order chi connectivity index (χ1) is 9.72. The van der Waals surface area contributed by atoms with Crippen LogP contribution in [0.1, 0.15) is 60.3 Å². The third-order valence-electron chi connectivity index (χ3n) is 5.70. The molecule has 3 unspecified atom stereocenters. The molecule has 4 nitrogen and oxygen atoms in total. The number of amides is 1. The third kappa shape index (κ3) is 4.68. The van der Waals surface area contributed by atoms with Crippen LogP contribution in [-0.2, 0) is 4.79 Å². The molecular weight excluding hydrogens is 262 g/mol. The Balaban J connectivity index is 2.93. The number of nitrogens with zero attached hydrogens (tertiary/aromatic N) is 1. The van der Waals surface area contributed by atoms with Crippen LogP contribution in [-0.4, -0.2) is 36.0 Å². The molecule has 0 radical (unpaired) electrons. The quantitative estimate of drug-likeness (QED) is 0.757. The van der Waals surface area contributed by atoms with Gasteiger partial charge in [0.15, 0.2) is 0 Å². The Labute approximate surface area is 130 Å². The molecule has 0 aliphatic heterocycles. The Bertz CT molecular complexity index is 341. The number of rotatable bonds is 7. The molecule has 4 heteroatoms. The van der Waals surface area contributed by atoms with Crippen molar-refractivity contribution < 1.29 is 4.79 Å². The van der Waals surface area contributed by atoms with E-state index in [0.717, 1.165) is 12.8 Å². The van der Waals surface area contributed by atoms with Gasteiger partial charge in [-0.3, -0.25) is 9.69 Å². The molecule has 124 valence electrons. The lowest BCUT2D eigenvalue weighted by atomic mass is 9.65. The lowest BCUT2D eigenvalue weighted by Crippen LogP contribution is -2.53. The summed E-state index contributed by atoms with van der Waals surface area (Å²) in [6, 6.07) is 0.701. The predicted molar refractivity (Wildman–Crippen MR) is 88.8 cm³/mol. The zero-order valence-corrected chi connectivity index (χ0v) is 14.6. The molecule has 0 spiro atoms. The van der Waals surface area contributed by atoms with Gasteiger partial charge in [-0.2, -0.15) is 0 Å². The Kier molecular flexibility index (Phi) is 6.67. The average molecular weight is 297 g/mol. The summed E-state index contributed by atoms with van der Waals surface area (Å²) in [4.78, 5) is 13.7. The van der Waals surface area contributed by atoms with Gasteiger partial charge in [0, 0.05) is 12.1 Å². The Morgan fingerprint density at radius 1 is 1.33 bits per heavy atom. The van der Waals surface area contributed by atoms with E-state index < -0.39 is 0 Å². The van der Waals surface area contributed by atoms with Crippen LogP contribution >= 0.6 is 0 Å². The van der Waals surface area contributed by atoms with Crippen LogP contribution in [0.3, 0.4) is 0 Å². The van der Waals surface area contributed by atoms with Gasteiger partial charge in [-0.25, -0.2) is 0 Å². The standard InChI is InChI=1S/C17H35N3O/c1-6-17(4,5)14-8-7-13(10-18)15(9-14)20(12(2)3)11-16(19)21/h12-15H,6-11,18H2,1-5H3,(H2,19,21). The summed E-state index contributed by atoms with van der Waals surface area (Å²) >= 11 is 0. The zero-order valence-electron chi connectivity index (χ0n) is 14.6. The zero-order chi connectivity index (χ0) is 16.2. The van der Waals surface area contributed by atoms with Crippen molar-refractivity contribution in [3.8, 4) is 0 Å². The van der Waals surface area contributed by atoms with Crippen LogP contribution in [0.5, 0.6) is 0 Å². The van der Waals surface area contributed by atoms with E-state index >= 15 is 0 Å². The van der Waals surface area contributed by atoms with Gasteiger partial charge in [0.2, 0.25) is 5.91 Å². The normalized spacial score (nSPS) is 27.3. The van der Waals surface area contributed by atoms with E-state index in [1.807, 2.05) is 0 Å².